The quantitative estimate of drug-likeness (QED) is 0.586. The molecule has 4 nitrogen and oxygen atoms in total. The number of rotatable bonds is 8. The Morgan fingerprint density at radius 2 is 1.59 bits per heavy atom. The van der Waals surface area contributed by atoms with E-state index in [0.29, 0.717) is 12.1 Å². The normalized spacial score (nSPS) is 18.2. The van der Waals surface area contributed by atoms with Gasteiger partial charge in [-0.15, -0.1) is 0 Å². The van der Waals surface area contributed by atoms with Crippen LogP contribution in [-0.4, -0.2) is 55.7 Å². The average Bonchev–Trinajstić information content (AvgIpc) is 2.22. The summed E-state index contributed by atoms with van der Waals surface area (Å²) < 4.78 is 0. The van der Waals surface area contributed by atoms with Gasteiger partial charge in [-0.1, -0.05) is 0 Å². The molecule has 3 unspecified atom stereocenters. The van der Waals surface area contributed by atoms with Gasteiger partial charge in [0.2, 0.25) is 0 Å². The van der Waals surface area contributed by atoms with Crippen molar-refractivity contribution in [1.29, 1.82) is 0 Å². The van der Waals surface area contributed by atoms with Gasteiger partial charge in [0.25, 0.3) is 0 Å². The fourth-order valence-electron chi connectivity index (χ4n) is 1.45. The van der Waals surface area contributed by atoms with Crippen LogP contribution >= 0.6 is 0 Å². The minimum atomic E-state index is 0.154. The molecule has 0 radical (unpaired) electrons. The van der Waals surface area contributed by atoms with Crippen molar-refractivity contribution in [3.63, 3.8) is 0 Å². The third-order valence-corrected chi connectivity index (χ3v) is 3.73. The third-order valence-electron chi connectivity index (χ3n) is 3.73. The van der Waals surface area contributed by atoms with Crippen molar-refractivity contribution in [2.75, 3.05) is 27.2 Å². The molecule has 0 aromatic rings. The molecule has 0 spiro atoms. The van der Waals surface area contributed by atoms with Crippen molar-refractivity contribution in [3.8, 4) is 0 Å². The number of hydrogen-bond donors (Lipinski definition) is 3. The summed E-state index contributed by atoms with van der Waals surface area (Å²) in [5.74, 6) is 0. The summed E-state index contributed by atoms with van der Waals surface area (Å²) in [5.41, 5.74) is 5.87. The van der Waals surface area contributed by atoms with Gasteiger partial charge in [0, 0.05) is 36.8 Å². The molecule has 0 heterocycles. The lowest BCUT2D eigenvalue weighted by Crippen LogP contribution is -2.55. The lowest BCUT2D eigenvalue weighted by molar-refractivity contribution is 0.144. The second kappa shape index (κ2) is 7.31. The highest BCUT2D eigenvalue weighted by atomic mass is 15.2. The predicted octanol–water partition coefficient (Wildman–Crippen LogP) is 0.630. The van der Waals surface area contributed by atoms with Crippen molar-refractivity contribution < 1.29 is 0 Å². The first-order valence-electron chi connectivity index (χ1n) is 6.57. The summed E-state index contributed by atoms with van der Waals surface area (Å²) >= 11 is 0. The van der Waals surface area contributed by atoms with Crippen molar-refractivity contribution in [3.05, 3.63) is 0 Å². The second-order valence-corrected chi connectivity index (χ2v) is 5.96. The molecule has 0 aliphatic carbocycles. The molecule has 0 saturated carbocycles. The van der Waals surface area contributed by atoms with Gasteiger partial charge in [0.05, 0.1) is 0 Å². The minimum absolute atomic E-state index is 0.154. The van der Waals surface area contributed by atoms with Crippen LogP contribution in [0.15, 0.2) is 0 Å². The summed E-state index contributed by atoms with van der Waals surface area (Å²) in [6.45, 7) is 12.8. The molecule has 0 aliphatic rings. The fourth-order valence-corrected chi connectivity index (χ4v) is 1.45. The second-order valence-electron chi connectivity index (χ2n) is 5.96. The molecule has 0 rings (SSSR count). The number of likely N-dealkylation sites (N-methyl/N-ethyl adjacent to an activating group) is 1. The van der Waals surface area contributed by atoms with E-state index in [2.05, 4.69) is 57.3 Å². The maximum atomic E-state index is 5.72. The largest absolute Gasteiger partial charge is 0.327 e. The summed E-state index contributed by atoms with van der Waals surface area (Å²) in [6.07, 6.45) is 0. The van der Waals surface area contributed by atoms with Crippen molar-refractivity contribution in [1.82, 2.24) is 15.5 Å². The first kappa shape index (κ1) is 16.8. The highest BCUT2D eigenvalue weighted by molar-refractivity contribution is 4.88. The first-order valence-corrected chi connectivity index (χ1v) is 6.57. The van der Waals surface area contributed by atoms with E-state index in [1.54, 1.807) is 0 Å². The van der Waals surface area contributed by atoms with Crippen LogP contribution in [0.3, 0.4) is 0 Å². The zero-order valence-corrected chi connectivity index (χ0v) is 12.7. The number of nitrogens with zero attached hydrogens (tertiary/aromatic N) is 1. The van der Waals surface area contributed by atoms with Crippen LogP contribution in [0, 0.1) is 0 Å². The van der Waals surface area contributed by atoms with Crippen LogP contribution in [0.5, 0.6) is 0 Å². The molecule has 4 heteroatoms. The van der Waals surface area contributed by atoms with Crippen molar-refractivity contribution in [2.24, 2.45) is 5.73 Å². The maximum absolute atomic E-state index is 5.72. The fraction of sp³-hybridized carbons (Fsp3) is 1.00. The maximum Gasteiger partial charge on any atom is 0.0297 e. The molecule has 17 heavy (non-hydrogen) atoms. The van der Waals surface area contributed by atoms with Crippen LogP contribution in [0.2, 0.25) is 0 Å². The van der Waals surface area contributed by atoms with Crippen molar-refractivity contribution >= 4 is 0 Å². The Kier molecular flexibility index (Phi) is 7.24. The molecule has 0 fully saturated rings. The summed E-state index contributed by atoms with van der Waals surface area (Å²) in [7, 11) is 4.24. The van der Waals surface area contributed by atoms with E-state index in [4.69, 9.17) is 5.73 Å². The van der Waals surface area contributed by atoms with E-state index < -0.39 is 0 Å². The smallest absolute Gasteiger partial charge is 0.0297 e. The number of nitrogens with one attached hydrogen (secondary N) is 2. The lowest BCUT2D eigenvalue weighted by Gasteiger charge is -2.39. The monoisotopic (exact) mass is 244 g/mol. The van der Waals surface area contributed by atoms with Gasteiger partial charge in [-0.3, -0.25) is 0 Å². The standard InChI is InChI=1S/C13H32N4/c1-10(14)8-15-11(2)9-16-12(3)13(4,5)17(6)7/h10-12,15-16H,8-9,14H2,1-7H3. The van der Waals surface area contributed by atoms with Crippen molar-refractivity contribution in [2.45, 2.75) is 58.3 Å². The number of nitrogens with two attached hydrogens (primary N) is 1. The Balaban J connectivity index is 3.95. The molecule has 0 amide bonds. The SMILES string of the molecule is CC(N)CNC(C)CNC(C)C(C)(C)N(C)C. The van der Waals surface area contributed by atoms with Crippen LogP contribution < -0.4 is 16.4 Å². The van der Waals surface area contributed by atoms with E-state index >= 15 is 0 Å². The van der Waals surface area contributed by atoms with Crippen LogP contribution in [0.4, 0.5) is 0 Å². The summed E-state index contributed by atoms with van der Waals surface area (Å²) in [4.78, 5) is 2.25. The predicted molar refractivity (Wildman–Crippen MR) is 76.3 cm³/mol. The summed E-state index contributed by atoms with van der Waals surface area (Å²) in [5, 5.41) is 7.00. The zero-order valence-electron chi connectivity index (χ0n) is 12.7. The molecule has 104 valence electrons. The molecule has 0 saturated heterocycles. The van der Waals surface area contributed by atoms with Gasteiger partial charge < -0.3 is 21.3 Å². The Labute approximate surface area is 107 Å². The van der Waals surface area contributed by atoms with Crippen LogP contribution in [-0.2, 0) is 0 Å². The molecule has 0 aromatic heterocycles. The van der Waals surface area contributed by atoms with Crippen LogP contribution in [0.1, 0.15) is 34.6 Å². The summed E-state index contributed by atoms with van der Waals surface area (Å²) in [6, 6.07) is 1.10. The molecule has 3 atom stereocenters. The first-order chi connectivity index (χ1) is 7.67. The molecular formula is C13H32N4. The van der Waals surface area contributed by atoms with Gasteiger partial charge in [0.1, 0.15) is 0 Å². The van der Waals surface area contributed by atoms with Gasteiger partial charge >= 0.3 is 0 Å². The van der Waals surface area contributed by atoms with E-state index in [9.17, 15) is 0 Å². The highest BCUT2D eigenvalue weighted by Gasteiger charge is 2.27. The Bertz CT molecular complexity index is 202. The van der Waals surface area contributed by atoms with Gasteiger partial charge in [0.15, 0.2) is 0 Å². The molecular weight excluding hydrogens is 212 g/mol. The van der Waals surface area contributed by atoms with Gasteiger partial charge in [-0.25, -0.2) is 0 Å². The minimum Gasteiger partial charge on any atom is -0.327 e. The topological polar surface area (TPSA) is 53.3 Å². The average molecular weight is 244 g/mol. The lowest BCUT2D eigenvalue weighted by atomic mass is 9.94. The number of hydrogen-bond acceptors (Lipinski definition) is 4. The van der Waals surface area contributed by atoms with Crippen LogP contribution in [0.25, 0.3) is 0 Å². The van der Waals surface area contributed by atoms with Gasteiger partial charge in [-0.05, 0) is 48.7 Å². The molecule has 0 aromatic carbocycles. The molecule has 0 bridgehead atoms. The van der Waals surface area contributed by atoms with E-state index in [1.165, 1.54) is 0 Å². The highest BCUT2D eigenvalue weighted by Crippen LogP contribution is 2.14. The van der Waals surface area contributed by atoms with E-state index in [1.807, 2.05) is 6.92 Å². The van der Waals surface area contributed by atoms with E-state index in [-0.39, 0.29) is 11.6 Å². The Morgan fingerprint density at radius 3 is 2.00 bits per heavy atom. The van der Waals surface area contributed by atoms with E-state index in [0.717, 1.165) is 13.1 Å². The zero-order chi connectivity index (χ0) is 13.6. The Hall–Kier alpha value is -0.160. The Morgan fingerprint density at radius 1 is 1.06 bits per heavy atom. The van der Waals surface area contributed by atoms with Gasteiger partial charge in [-0.2, -0.15) is 0 Å². The molecule has 4 N–H and O–H groups in total. The third kappa shape index (κ3) is 6.36. The molecule has 0 aliphatic heterocycles.